The number of methoxy groups -OCH3 is 2. The zero-order valence-electron chi connectivity index (χ0n) is 16.1. The number of benzene rings is 2. The number of carbonyl (C=O) groups is 1. The number of nitriles is 1. The highest BCUT2D eigenvalue weighted by molar-refractivity contribution is 8.03. The van der Waals surface area contributed by atoms with Crippen LogP contribution in [0.1, 0.15) is 23.5 Å². The summed E-state index contributed by atoms with van der Waals surface area (Å²) in [7, 11) is 3.15. The molecule has 1 N–H and O–H groups in total. The summed E-state index contributed by atoms with van der Waals surface area (Å²) in [5, 5.41) is 21.9. The van der Waals surface area contributed by atoms with Crippen LogP contribution in [0.5, 0.6) is 11.5 Å². The van der Waals surface area contributed by atoms with E-state index in [1.807, 2.05) is 24.3 Å². The van der Waals surface area contributed by atoms with E-state index >= 15 is 0 Å². The second-order valence-electron chi connectivity index (χ2n) is 6.93. The lowest BCUT2D eigenvalue weighted by atomic mass is 9.85. The number of thioether (sulfide) groups is 1. The van der Waals surface area contributed by atoms with E-state index in [1.54, 1.807) is 38.5 Å². The van der Waals surface area contributed by atoms with E-state index in [9.17, 15) is 15.2 Å². The second kappa shape index (κ2) is 7.47. The van der Waals surface area contributed by atoms with Crippen molar-refractivity contribution in [2.45, 2.75) is 18.1 Å². The third-order valence-corrected chi connectivity index (χ3v) is 6.58. The van der Waals surface area contributed by atoms with Crippen LogP contribution in [0.3, 0.4) is 0 Å². The largest absolute Gasteiger partial charge is 0.497 e. The Balaban J connectivity index is 1.77. The van der Waals surface area contributed by atoms with E-state index in [2.05, 4.69) is 6.07 Å². The number of nitrogens with zero attached hydrogens (tertiary/aromatic N) is 2. The molecule has 0 saturated carbocycles. The van der Waals surface area contributed by atoms with Crippen molar-refractivity contribution in [3.8, 4) is 17.6 Å². The molecule has 1 saturated heterocycles. The lowest BCUT2D eigenvalue weighted by Gasteiger charge is -2.38. The number of allylic oxidation sites excluding steroid dienone is 1. The monoisotopic (exact) mass is 408 g/mol. The van der Waals surface area contributed by atoms with Crippen molar-refractivity contribution in [2.24, 2.45) is 0 Å². The van der Waals surface area contributed by atoms with Gasteiger partial charge in [0.25, 0.3) is 0 Å². The molecule has 1 fully saturated rings. The lowest BCUT2D eigenvalue weighted by molar-refractivity contribution is -0.149. The molecule has 2 heterocycles. The molecular weight excluding hydrogens is 388 g/mol. The lowest BCUT2D eigenvalue weighted by Crippen LogP contribution is -2.48. The molecule has 0 aromatic heterocycles. The molecule has 2 aromatic carbocycles. The van der Waals surface area contributed by atoms with Gasteiger partial charge in [0.1, 0.15) is 11.5 Å². The van der Waals surface area contributed by atoms with Crippen LogP contribution in [0.15, 0.2) is 59.1 Å². The number of ether oxygens (including phenoxy) is 2. The van der Waals surface area contributed by atoms with Crippen LogP contribution < -0.4 is 9.47 Å². The van der Waals surface area contributed by atoms with Gasteiger partial charge in [0, 0.05) is 17.9 Å². The van der Waals surface area contributed by atoms with Gasteiger partial charge in [-0.3, -0.25) is 9.69 Å². The van der Waals surface area contributed by atoms with Crippen molar-refractivity contribution >= 4 is 17.7 Å². The third-order valence-electron chi connectivity index (χ3n) is 5.36. The Kier molecular flexibility index (Phi) is 4.99. The van der Waals surface area contributed by atoms with E-state index in [1.165, 1.54) is 16.7 Å². The number of carbonyl (C=O) groups excluding carboxylic acids is 1. The average Bonchev–Trinajstić information content (AvgIpc) is 3.13. The topological polar surface area (TPSA) is 82.8 Å². The fraction of sp³-hybridized carbons (Fsp3) is 0.273. The summed E-state index contributed by atoms with van der Waals surface area (Å²) in [6.07, 6.45) is 0.110. The number of rotatable bonds is 4. The molecule has 2 aliphatic rings. The van der Waals surface area contributed by atoms with Crippen molar-refractivity contribution in [1.29, 1.82) is 5.26 Å². The Morgan fingerprint density at radius 1 is 1.17 bits per heavy atom. The Hall–Kier alpha value is -2.95. The Labute approximate surface area is 173 Å². The minimum absolute atomic E-state index is 0.110. The van der Waals surface area contributed by atoms with E-state index in [4.69, 9.17) is 9.47 Å². The zero-order valence-corrected chi connectivity index (χ0v) is 16.9. The van der Waals surface area contributed by atoms with Gasteiger partial charge < -0.3 is 14.6 Å². The Morgan fingerprint density at radius 3 is 2.55 bits per heavy atom. The normalized spacial score (nSPS) is 23.6. The molecule has 1 amide bonds. The summed E-state index contributed by atoms with van der Waals surface area (Å²) >= 11 is 1.33. The molecule has 2 atom stereocenters. The summed E-state index contributed by atoms with van der Waals surface area (Å²) in [4.78, 5) is 14.5. The molecule has 29 heavy (non-hydrogen) atoms. The zero-order chi connectivity index (χ0) is 20.6. The number of fused-ring (bicyclic) bond motifs is 1. The predicted molar refractivity (Wildman–Crippen MR) is 109 cm³/mol. The van der Waals surface area contributed by atoms with Gasteiger partial charge in [0.15, 0.2) is 5.72 Å². The number of aliphatic hydroxyl groups is 1. The van der Waals surface area contributed by atoms with Crippen LogP contribution in [-0.4, -0.2) is 35.9 Å². The number of hydrogen-bond donors (Lipinski definition) is 1. The Morgan fingerprint density at radius 2 is 1.90 bits per heavy atom. The van der Waals surface area contributed by atoms with E-state index in [0.29, 0.717) is 27.7 Å². The van der Waals surface area contributed by atoms with Crippen LogP contribution in [0.2, 0.25) is 0 Å². The number of amides is 1. The van der Waals surface area contributed by atoms with Crippen LogP contribution >= 0.6 is 11.8 Å². The minimum Gasteiger partial charge on any atom is -0.497 e. The van der Waals surface area contributed by atoms with Crippen molar-refractivity contribution < 1.29 is 19.4 Å². The molecule has 4 rings (SSSR count). The summed E-state index contributed by atoms with van der Waals surface area (Å²) < 4.78 is 10.5. The molecular formula is C22H20N2O4S. The predicted octanol–water partition coefficient (Wildman–Crippen LogP) is 3.35. The van der Waals surface area contributed by atoms with Crippen molar-refractivity contribution in [2.75, 3.05) is 20.0 Å². The maximum absolute atomic E-state index is 13.1. The summed E-state index contributed by atoms with van der Waals surface area (Å²) in [5.41, 5.74) is 0.436. The summed E-state index contributed by atoms with van der Waals surface area (Å²) in [5.74, 6) is 1.03. The van der Waals surface area contributed by atoms with Crippen LogP contribution in [0, 0.1) is 11.3 Å². The van der Waals surface area contributed by atoms with Crippen LogP contribution in [-0.2, 0) is 10.5 Å². The first kappa shape index (κ1) is 19.4. The minimum atomic E-state index is -1.50. The molecule has 0 spiro atoms. The van der Waals surface area contributed by atoms with Crippen molar-refractivity contribution in [3.63, 3.8) is 0 Å². The van der Waals surface area contributed by atoms with Gasteiger partial charge in [-0.2, -0.15) is 5.26 Å². The molecule has 0 bridgehead atoms. The van der Waals surface area contributed by atoms with Gasteiger partial charge in [-0.05, 0) is 29.8 Å². The smallest absolute Gasteiger partial charge is 0.231 e. The standard InChI is InChI=1S/C22H20N2O4S/c1-27-16-8-6-15(7-9-16)22(26)13-29-21-19(12-23)18(11-20(25)24(21)22)14-4-3-5-17(10-14)28-2/h3-10,18,26H,11,13H2,1-2H3/t18-,22+/m0/s1. The molecule has 0 unspecified atom stereocenters. The van der Waals surface area contributed by atoms with Gasteiger partial charge in [0.05, 0.1) is 36.6 Å². The molecule has 0 radical (unpaired) electrons. The van der Waals surface area contributed by atoms with E-state index in [0.717, 1.165) is 5.56 Å². The van der Waals surface area contributed by atoms with Crippen molar-refractivity contribution in [1.82, 2.24) is 4.90 Å². The van der Waals surface area contributed by atoms with Gasteiger partial charge in [-0.15, -0.1) is 11.8 Å². The van der Waals surface area contributed by atoms with Crippen molar-refractivity contribution in [3.05, 3.63) is 70.3 Å². The van der Waals surface area contributed by atoms with Gasteiger partial charge >= 0.3 is 0 Å². The highest BCUT2D eigenvalue weighted by Crippen LogP contribution is 2.51. The van der Waals surface area contributed by atoms with Crippen LogP contribution in [0.4, 0.5) is 0 Å². The van der Waals surface area contributed by atoms with Gasteiger partial charge in [-0.1, -0.05) is 24.3 Å². The Bertz CT molecular complexity index is 1030. The highest BCUT2D eigenvalue weighted by atomic mass is 32.2. The molecule has 0 aliphatic carbocycles. The van der Waals surface area contributed by atoms with E-state index in [-0.39, 0.29) is 24.0 Å². The van der Waals surface area contributed by atoms with Crippen LogP contribution in [0.25, 0.3) is 0 Å². The molecule has 7 heteroatoms. The average molecular weight is 408 g/mol. The van der Waals surface area contributed by atoms with E-state index < -0.39 is 5.72 Å². The highest BCUT2D eigenvalue weighted by Gasteiger charge is 2.51. The fourth-order valence-corrected chi connectivity index (χ4v) is 5.20. The third kappa shape index (κ3) is 3.15. The molecule has 2 aliphatic heterocycles. The maximum Gasteiger partial charge on any atom is 0.231 e. The first-order valence-electron chi connectivity index (χ1n) is 9.13. The molecule has 6 nitrogen and oxygen atoms in total. The molecule has 148 valence electrons. The summed E-state index contributed by atoms with van der Waals surface area (Å²) in [6.45, 7) is 0. The SMILES string of the molecule is COc1ccc([C@]2(O)CSC3=C(C#N)[C@H](c4cccc(OC)c4)CC(=O)N32)cc1. The first-order valence-corrected chi connectivity index (χ1v) is 10.1. The summed E-state index contributed by atoms with van der Waals surface area (Å²) in [6, 6.07) is 16.7. The maximum atomic E-state index is 13.1. The van der Waals surface area contributed by atoms with Gasteiger partial charge in [-0.25, -0.2) is 0 Å². The second-order valence-corrected chi connectivity index (χ2v) is 7.89. The quantitative estimate of drug-likeness (QED) is 0.835. The number of hydrogen-bond acceptors (Lipinski definition) is 6. The first-order chi connectivity index (χ1) is 14.0. The molecule has 2 aromatic rings. The fourth-order valence-electron chi connectivity index (χ4n) is 3.84. The van der Waals surface area contributed by atoms with Gasteiger partial charge in [0.2, 0.25) is 5.91 Å².